The number of aromatic nitrogens is 2. The number of alkyl halides is 3. The van der Waals surface area contributed by atoms with Gasteiger partial charge < -0.3 is 9.88 Å². The van der Waals surface area contributed by atoms with Crippen molar-refractivity contribution in [3.05, 3.63) is 58.3 Å². The third-order valence-corrected chi connectivity index (χ3v) is 4.11. The number of hydrogen-bond donors (Lipinski definition) is 1. The third kappa shape index (κ3) is 3.55. The molecule has 0 aliphatic heterocycles. The molecule has 0 aliphatic rings. The predicted octanol–water partition coefficient (Wildman–Crippen LogP) is 4.73. The number of rotatable bonds is 3. The van der Waals surface area contributed by atoms with E-state index in [1.807, 2.05) is 0 Å². The summed E-state index contributed by atoms with van der Waals surface area (Å²) in [6.07, 6.45) is -4.78. The molecule has 136 valence electrons. The Balaban J connectivity index is 1.95. The smallest absolute Gasteiger partial charge is 0.321 e. The molecule has 0 bridgehead atoms. The number of anilines is 1. The topological polar surface area (TPSA) is 46.9 Å². The molecule has 0 spiro atoms. The normalized spacial score (nSPS) is 11.8. The minimum Gasteiger partial charge on any atom is -0.321 e. The Hall–Kier alpha value is -2.49. The summed E-state index contributed by atoms with van der Waals surface area (Å²) < 4.78 is 67.1. The fraction of sp³-hybridized carbons (Fsp3) is 0.125. The highest BCUT2D eigenvalue weighted by Crippen LogP contribution is 2.32. The second-order valence-electron chi connectivity index (χ2n) is 5.30. The molecule has 0 fully saturated rings. The summed E-state index contributed by atoms with van der Waals surface area (Å²) in [5.41, 5.74) is -0.190. The Kier molecular flexibility index (Phi) is 4.70. The zero-order valence-electron chi connectivity index (χ0n) is 12.7. The molecule has 0 saturated heterocycles. The van der Waals surface area contributed by atoms with E-state index in [1.165, 1.54) is 24.3 Å². The zero-order valence-corrected chi connectivity index (χ0v) is 14.3. The van der Waals surface area contributed by atoms with Crippen LogP contribution in [0, 0.1) is 11.6 Å². The second-order valence-corrected chi connectivity index (χ2v) is 6.15. The van der Waals surface area contributed by atoms with Gasteiger partial charge in [-0.1, -0.05) is 12.1 Å². The van der Waals surface area contributed by atoms with E-state index in [0.29, 0.717) is 10.6 Å². The monoisotopic (exact) mass is 433 g/mol. The van der Waals surface area contributed by atoms with E-state index in [0.717, 1.165) is 6.07 Å². The van der Waals surface area contributed by atoms with Crippen LogP contribution in [0.3, 0.4) is 0 Å². The van der Waals surface area contributed by atoms with Crippen molar-refractivity contribution in [1.29, 1.82) is 0 Å². The van der Waals surface area contributed by atoms with E-state index in [2.05, 4.69) is 26.2 Å². The van der Waals surface area contributed by atoms with E-state index >= 15 is 0 Å². The second kappa shape index (κ2) is 6.67. The number of imidazole rings is 1. The number of nitrogens with zero attached hydrogens (tertiary/aromatic N) is 2. The van der Waals surface area contributed by atoms with Crippen LogP contribution in [-0.2, 0) is 17.5 Å². The molecule has 0 unspecified atom stereocenters. The molecule has 3 rings (SSSR count). The van der Waals surface area contributed by atoms with E-state index in [1.54, 1.807) is 0 Å². The van der Waals surface area contributed by atoms with Crippen LogP contribution in [0.1, 0.15) is 5.82 Å². The first-order valence-corrected chi connectivity index (χ1v) is 7.93. The van der Waals surface area contributed by atoms with E-state index < -0.39 is 36.1 Å². The van der Waals surface area contributed by atoms with Gasteiger partial charge in [0.2, 0.25) is 11.7 Å². The molecule has 0 atom stereocenters. The molecule has 26 heavy (non-hydrogen) atoms. The zero-order chi connectivity index (χ0) is 19.1. The lowest BCUT2D eigenvalue weighted by molar-refractivity contribution is -0.147. The molecule has 0 saturated carbocycles. The maximum atomic E-state index is 13.8. The van der Waals surface area contributed by atoms with Crippen LogP contribution in [0.25, 0.3) is 11.0 Å². The lowest BCUT2D eigenvalue weighted by Gasteiger charge is -2.13. The number of fused-ring (bicyclic) bond motifs is 1. The molecule has 1 aromatic heterocycles. The highest BCUT2D eigenvalue weighted by Gasteiger charge is 2.38. The SMILES string of the molecule is O=C(Cn1c(C(F)(F)F)nc2ccccc21)Nc1c(F)cc(F)cc1Br. The Morgan fingerprint density at radius 3 is 2.54 bits per heavy atom. The molecule has 0 aliphatic carbocycles. The third-order valence-electron chi connectivity index (χ3n) is 3.48. The fourth-order valence-electron chi connectivity index (χ4n) is 2.44. The maximum absolute atomic E-state index is 13.8. The van der Waals surface area contributed by atoms with Gasteiger partial charge in [0.25, 0.3) is 0 Å². The van der Waals surface area contributed by atoms with Crippen LogP contribution < -0.4 is 5.32 Å². The van der Waals surface area contributed by atoms with Crippen LogP contribution >= 0.6 is 15.9 Å². The molecule has 1 N–H and O–H groups in total. The first-order valence-electron chi connectivity index (χ1n) is 7.13. The van der Waals surface area contributed by atoms with Gasteiger partial charge in [-0.05, 0) is 34.1 Å². The summed E-state index contributed by atoms with van der Waals surface area (Å²) in [5.74, 6) is -4.10. The highest BCUT2D eigenvalue weighted by atomic mass is 79.9. The maximum Gasteiger partial charge on any atom is 0.449 e. The molecular weight excluding hydrogens is 425 g/mol. The van der Waals surface area contributed by atoms with Gasteiger partial charge in [-0.25, -0.2) is 13.8 Å². The largest absolute Gasteiger partial charge is 0.449 e. The highest BCUT2D eigenvalue weighted by molar-refractivity contribution is 9.10. The number of para-hydroxylation sites is 2. The molecule has 2 aromatic carbocycles. The summed E-state index contributed by atoms with van der Waals surface area (Å²) in [5, 5.41) is 2.14. The van der Waals surface area contributed by atoms with Crippen LogP contribution in [-0.4, -0.2) is 15.5 Å². The number of nitrogens with one attached hydrogen (secondary N) is 1. The van der Waals surface area contributed by atoms with Gasteiger partial charge in [-0.2, -0.15) is 13.2 Å². The van der Waals surface area contributed by atoms with Crippen LogP contribution in [0.5, 0.6) is 0 Å². The summed E-state index contributed by atoms with van der Waals surface area (Å²) in [4.78, 5) is 15.7. The quantitative estimate of drug-likeness (QED) is 0.606. The first-order chi connectivity index (χ1) is 12.2. The van der Waals surface area contributed by atoms with Gasteiger partial charge in [0.1, 0.15) is 12.4 Å². The molecule has 1 heterocycles. The van der Waals surface area contributed by atoms with Gasteiger partial charge in [-0.15, -0.1) is 0 Å². The lowest BCUT2D eigenvalue weighted by atomic mass is 10.3. The Bertz CT molecular complexity index is 976. The van der Waals surface area contributed by atoms with Gasteiger partial charge >= 0.3 is 6.18 Å². The average Bonchev–Trinajstić information content (AvgIpc) is 2.90. The molecule has 10 heteroatoms. The Morgan fingerprint density at radius 1 is 1.19 bits per heavy atom. The van der Waals surface area contributed by atoms with Gasteiger partial charge in [0.15, 0.2) is 5.82 Å². The fourth-order valence-corrected chi connectivity index (χ4v) is 2.94. The number of carbonyl (C=O) groups is 1. The number of amides is 1. The minimum atomic E-state index is -4.78. The van der Waals surface area contributed by atoms with Crippen molar-refractivity contribution in [3.8, 4) is 0 Å². The first kappa shape index (κ1) is 18.3. The van der Waals surface area contributed by atoms with E-state index in [9.17, 15) is 26.7 Å². The molecule has 0 radical (unpaired) electrons. The van der Waals surface area contributed by atoms with Crippen molar-refractivity contribution in [2.75, 3.05) is 5.32 Å². The van der Waals surface area contributed by atoms with Crippen molar-refractivity contribution in [3.63, 3.8) is 0 Å². The van der Waals surface area contributed by atoms with Crippen molar-refractivity contribution in [2.24, 2.45) is 0 Å². The van der Waals surface area contributed by atoms with Crippen molar-refractivity contribution in [1.82, 2.24) is 9.55 Å². The van der Waals surface area contributed by atoms with Crippen molar-refractivity contribution in [2.45, 2.75) is 12.7 Å². The van der Waals surface area contributed by atoms with Crippen LogP contribution in [0.15, 0.2) is 40.9 Å². The Labute approximate surface area is 151 Å². The summed E-state index contributed by atoms with van der Waals surface area (Å²) in [7, 11) is 0. The molecule has 1 amide bonds. The van der Waals surface area contributed by atoms with Gasteiger partial charge in [0.05, 0.1) is 16.7 Å². The standard InChI is InChI=1S/C16H9BrF5N3O/c17-9-5-8(18)6-10(19)14(9)24-13(26)7-25-12-4-2-1-3-11(12)23-15(25)16(20,21)22/h1-6H,7H2,(H,24,26). The molecule has 3 aromatic rings. The van der Waals surface area contributed by atoms with Crippen molar-refractivity contribution >= 4 is 38.6 Å². The predicted molar refractivity (Wildman–Crippen MR) is 87.4 cm³/mol. The number of halogens is 6. The van der Waals surface area contributed by atoms with E-state index in [-0.39, 0.29) is 21.2 Å². The number of hydrogen-bond acceptors (Lipinski definition) is 2. The van der Waals surface area contributed by atoms with Gasteiger partial charge in [-0.3, -0.25) is 4.79 Å². The molecular formula is C16H9BrF5N3O. The number of benzene rings is 2. The average molecular weight is 434 g/mol. The van der Waals surface area contributed by atoms with E-state index in [4.69, 9.17) is 0 Å². The summed E-state index contributed by atoms with van der Waals surface area (Å²) in [6, 6.07) is 7.27. The van der Waals surface area contributed by atoms with Gasteiger partial charge in [0, 0.05) is 10.5 Å². The minimum absolute atomic E-state index is 0.0711. The summed E-state index contributed by atoms with van der Waals surface area (Å²) >= 11 is 2.90. The Morgan fingerprint density at radius 2 is 1.88 bits per heavy atom. The van der Waals surface area contributed by atoms with Crippen molar-refractivity contribution < 1.29 is 26.7 Å². The lowest BCUT2D eigenvalue weighted by Crippen LogP contribution is -2.24. The number of carbonyl (C=O) groups excluding carboxylic acids is 1. The summed E-state index contributed by atoms with van der Waals surface area (Å²) in [6.45, 7) is -0.751. The molecule has 4 nitrogen and oxygen atoms in total. The van der Waals surface area contributed by atoms with Crippen LogP contribution in [0.4, 0.5) is 27.6 Å². The van der Waals surface area contributed by atoms with Crippen LogP contribution in [0.2, 0.25) is 0 Å².